The summed E-state index contributed by atoms with van der Waals surface area (Å²) in [5.41, 5.74) is 1.36. The number of aliphatic hydroxyl groups excluding tert-OH is 4. The van der Waals surface area contributed by atoms with Crippen molar-refractivity contribution in [3.05, 3.63) is 144 Å². The Hall–Kier alpha value is -4.52. The summed E-state index contributed by atoms with van der Waals surface area (Å²) in [6.07, 6.45) is -6.07. The van der Waals surface area contributed by atoms with Crippen LogP contribution in [-0.4, -0.2) is 44.3 Å². The van der Waals surface area contributed by atoms with E-state index in [0.29, 0.717) is 22.3 Å². The van der Waals surface area contributed by atoms with Gasteiger partial charge >= 0.3 is 26.2 Å². The summed E-state index contributed by atoms with van der Waals surface area (Å²) in [6, 6.07) is 32.4. The Kier molecular flexibility index (Phi) is 19.8. The van der Waals surface area contributed by atoms with E-state index in [4.69, 9.17) is 20.4 Å². The van der Waals surface area contributed by atoms with E-state index in [-0.39, 0.29) is 26.2 Å². The fourth-order valence-corrected chi connectivity index (χ4v) is 3.09. The fourth-order valence-electron chi connectivity index (χ4n) is 3.09. The van der Waals surface area contributed by atoms with Crippen LogP contribution in [0.2, 0.25) is 0 Å². The molecule has 0 spiro atoms. The van der Waals surface area contributed by atoms with Crippen molar-refractivity contribution in [2.45, 2.75) is 24.4 Å². The van der Waals surface area contributed by atoms with Crippen LogP contribution in [0.25, 0.3) is 0 Å². The predicted octanol–water partition coefficient (Wildman–Crippen LogP) is -2.12. The minimum atomic E-state index is -1.52. The Morgan fingerprint density at radius 1 is 0.356 bits per heavy atom. The van der Waals surface area contributed by atoms with E-state index in [1.165, 1.54) is 48.5 Å². The molecule has 13 heteroatoms. The molecule has 0 heterocycles. The molecule has 4 aromatic carbocycles. The minimum Gasteiger partial charge on any atom is -0.547 e. The standard InChI is InChI=1S/4C8H8O3.Zr/c4*9-7(8(10)11)6-4-2-1-3-5-6;/h4*1-5,7,9H,(H,10,11);/q;;;;+4/p-4. The molecule has 0 radical (unpaired) electrons. The average molecular weight is 696 g/mol. The van der Waals surface area contributed by atoms with Crippen LogP contribution in [0.5, 0.6) is 0 Å². The van der Waals surface area contributed by atoms with Crippen molar-refractivity contribution in [3.8, 4) is 0 Å². The normalized spacial score (nSPS) is 12.2. The van der Waals surface area contributed by atoms with Gasteiger partial charge in [-0.15, -0.1) is 0 Å². The summed E-state index contributed by atoms with van der Waals surface area (Å²) in [5.74, 6) is -5.90. The van der Waals surface area contributed by atoms with Gasteiger partial charge in [-0.25, -0.2) is 0 Å². The largest absolute Gasteiger partial charge is 4.00 e. The van der Waals surface area contributed by atoms with Gasteiger partial charge in [0.1, 0.15) is 24.4 Å². The van der Waals surface area contributed by atoms with Crippen LogP contribution in [0.15, 0.2) is 121 Å². The summed E-state index contributed by atoms with van der Waals surface area (Å²) in [5, 5.41) is 76.3. The molecular weight excluding hydrogens is 668 g/mol. The average Bonchev–Trinajstić information content (AvgIpc) is 3.05. The summed E-state index contributed by atoms with van der Waals surface area (Å²) in [6.45, 7) is 0. The van der Waals surface area contributed by atoms with Gasteiger partial charge in [0.15, 0.2) is 0 Å². The number of hydrogen-bond donors (Lipinski definition) is 4. The Labute approximate surface area is 277 Å². The number of carboxylic acid groups (broad SMARTS) is 4. The van der Waals surface area contributed by atoms with Crippen molar-refractivity contribution in [2.75, 3.05) is 0 Å². The number of hydrogen-bond acceptors (Lipinski definition) is 12. The zero-order valence-corrected chi connectivity index (χ0v) is 25.9. The van der Waals surface area contributed by atoms with E-state index in [2.05, 4.69) is 0 Å². The first kappa shape index (κ1) is 40.5. The quantitative estimate of drug-likeness (QED) is 0.155. The molecule has 0 aliphatic rings. The summed E-state index contributed by atoms with van der Waals surface area (Å²) >= 11 is 0. The second-order valence-corrected chi connectivity index (χ2v) is 8.53. The van der Waals surface area contributed by atoms with E-state index < -0.39 is 48.3 Å². The zero-order chi connectivity index (χ0) is 33.1. The number of carboxylic acids is 4. The number of carbonyl (C=O) groups is 4. The molecule has 4 unspecified atom stereocenters. The van der Waals surface area contributed by atoms with Crippen LogP contribution < -0.4 is 20.4 Å². The van der Waals surface area contributed by atoms with Crippen LogP contribution in [0.1, 0.15) is 46.7 Å². The monoisotopic (exact) mass is 694 g/mol. The van der Waals surface area contributed by atoms with Gasteiger partial charge in [-0.2, -0.15) is 0 Å². The summed E-state index contributed by atoms with van der Waals surface area (Å²) < 4.78 is 0. The van der Waals surface area contributed by atoms with Crippen molar-refractivity contribution in [2.24, 2.45) is 0 Å². The second-order valence-electron chi connectivity index (χ2n) is 8.53. The molecule has 0 aliphatic heterocycles. The van der Waals surface area contributed by atoms with Crippen LogP contribution in [0.4, 0.5) is 0 Å². The molecule has 4 aromatic rings. The molecule has 232 valence electrons. The maximum atomic E-state index is 10.1. The SMILES string of the molecule is O=C([O-])C(O)c1ccccc1.O=C([O-])C(O)c1ccccc1.O=C([O-])C(O)c1ccccc1.O=C([O-])C(O)c1ccccc1.[Zr+4]. The maximum absolute atomic E-state index is 10.1. The van der Waals surface area contributed by atoms with E-state index in [0.717, 1.165) is 0 Å². The summed E-state index contributed by atoms with van der Waals surface area (Å²) in [7, 11) is 0. The fraction of sp³-hybridized carbons (Fsp3) is 0.125. The van der Waals surface area contributed by atoms with E-state index in [1.807, 2.05) is 0 Å². The molecule has 45 heavy (non-hydrogen) atoms. The molecule has 0 saturated carbocycles. The second kappa shape index (κ2) is 22.1. The van der Waals surface area contributed by atoms with Crippen LogP contribution >= 0.6 is 0 Å². The van der Waals surface area contributed by atoms with Gasteiger partial charge in [0, 0.05) is 0 Å². The third-order valence-electron chi connectivity index (χ3n) is 5.35. The minimum absolute atomic E-state index is 0. The van der Waals surface area contributed by atoms with Crippen molar-refractivity contribution in [3.63, 3.8) is 0 Å². The summed E-state index contributed by atoms with van der Waals surface area (Å²) in [4.78, 5) is 40.6. The van der Waals surface area contributed by atoms with Gasteiger partial charge < -0.3 is 60.0 Å². The van der Waals surface area contributed by atoms with Gasteiger partial charge in [-0.05, 0) is 22.3 Å². The van der Waals surface area contributed by atoms with Gasteiger partial charge in [-0.1, -0.05) is 121 Å². The van der Waals surface area contributed by atoms with Gasteiger partial charge in [-0.3, -0.25) is 0 Å². The smallest absolute Gasteiger partial charge is 0.547 e. The molecule has 12 nitrogen and oxygen atoms in total. The molecule has 0 fully saturated rings. The molecule has 4 atom stereocenters. The van der Waals surface area contributed by atoms with E-state index >= 15 is 0 Å². The zero-order valence-electron chi connectivity index (χ0n) is 23.4. The number of carbonyl (C=O) groups excluding carboxylic acids is 4. The van der Waals surface area contributed by atoms with Gasteiger partial charge in [0.25, 0.3) is 0 Å². The van der Waals surface area contributed by atoms with E-state index in [1.54, 1.807) is 72.8 Å². The Morgan fingerprint density at radius 3 is 0.600 bits per heavy atom. The molecule has 0 aromatic heterocycles. The molecule has 4 rings (SSSR count). The van der Waals surface area contributed by atoms with Gasteiger partial charge in [0.05, 0.1) is 23.9 Å². The molecule has 4 N–H and O–H groups in total. The number of benzene rings is 4. The van der Waals surface area contributed by atoms with Crippen molar-refractivity contribution >= 4 is 23.9 Å². The van der Waals surface area contributed by atoms with Crippen molar-refractivity contribution < 1.29 is 86.2 Å². The molecular formula is C32H28O12Zr. The first-order valence-electron chi connectivity index (χ1n) is 12.6. The maximum Gasteiger partial charge on any atom is 4.00 e. The third kappa shape index (κ3) is 15.7. The number of aliphatic carboxylic acids is 4. The van der Waals surface area contributed by atoms with Gasteiger partial charge in [0.2, 0.25) is 0 Å². The molecule has 0 aliphatic carbocycles. The van der Waals surface area contributed by atoms with E-state index in [9.17, 15) is 39.6 Å². The topological polar surface area (TPSA) is 241 Å². The first-order chi connectivity index (χ1) is 20.9. The first-order valence-corrected chi connectivity index (χ1v) is 12.6. The molecule has 0 saturated heterocycles. The number of aliphatic hydroxyl groups is 4. The Morgan fingerprint density at radius 2 is 0.489 bits per heavy atom. The Balaban J connectivity index is 0.000000569. The predicted molar refractivity (Wildman–Crippen MR) is 146 cm³/mol. The van der Waals surface area contributed by atoms with Crippen LogP contribution in [-0.2, 0) is 45.4 Å². The molecule has 0 bridgehead atoms. The molecule has 0 amide bonds. The Bertz CT molecular complexity index is 1200. The van der Waals surface area contributed by atoms with Crippen LogP contribution in [0.3, 0.4) is 0 Å². The van der Waals surface area contributed by atoms with Crippen molar-refractivity contribution in [1.82, 2.24) is 0 Å². The third-order valence-corrected chi connectivity index (χ3v) is 5.35. The van der Waals surface area contributed by atoms with Crippen molar-refractivity contribution in [1.29, 1.82) is 0 Å². The van der Waals surface area contributed by atoms with Crippen LogP contribution in [0, 0.1) is 0 Å². The number of rotatable bonds is 8.